The van der Waals surface area contributed by atoms with Gasteiger partial charge in [0, 0.05) is 18.2 Å². The topological polar surface area (TPSA) is 41.5 Å². The van der Waals surface area contributed by atoms with Gasteiger partial charge in [-0.3, -0.25) is 0 Å². The smallest absolute Gasteiger partial charge is 0.125 e. The van der Waals surface area contributed by atoms with Crippen LogP contribution in [0.5, 0.6) is 5.75 Å². The number of benzene rings is 1. The maximum Gasteiger partial charge on any atom is 0.125 e. The lowest BCUT2D eigenvalue weighted by atomic mass is 10.1. The molecular weight excluding hydrogens is 214 g/mol. The van der Waals surface area contributed by atoms with Crippen LogP contribution in [0.2, 0.25) is 0 Å². The van der Waals surface area contributed by atoms with Crippen LogP contribution in [0.3, 0.4) is 0 Å². The Balaban J connectivity index is 2.06. The molecule has 2 rings (SSSR count). The Kier molecular flexibility index (Phi) is 4.02. The van der Waals surface area contributed by atoms with E-state index in [0.29, 0.717) is 19.2 Å². The fourth-order valence-corrected chi connectivity index (χ4v) is 1.89. The first-order chi connectivity index (χ1) is 8.20. The van der Waals surface area contributed by atoms with Crippen molar-refractivity contribution >= 4 is 0 Å². The third kappa shape index (κ3) is 3.45. The molecule has 1 aliphatic rings. The molecule has 94 valence electrons. The summed E-state index contributed by atoms with van der Waals surface area (Å²) in [5.41, 5.74) is 2.04. The first kappa shape index (κ1) is 12.4. The van der Waals surface area contributed by atoms with Gasteiger partial charge in [-0.1, -0.05) is 11.6 Å². The number of aliphatic hydroxyl groups is 1. The van der Waals surface area contributed by atoms with Gasteiger partial charge in [0.15, 0.2) is 0 Å². The summed E-state index contributed by atoms with van der Waals surface area (Å²) in [6, 6.07) is 6.57. The largest absolute Gasteiger partial charge is 0.493 e. The molecule has 17 heavy (non-hydrogen) atoms. The van der Waals surface area contributed by atoms with Crippen molar-refractivity contribution in [3.05, 3.63) is 29.3 Å². The van der Waals surface area contributed by atoms with Crippen LogP contribution in [-0.2, 0) is 0 Å². The molecule has 1 aromatic carbocycles. The zero-order chi connectivity index (χ0) is 12.3. The third-order valence-corrected chi connectivity index (χ3v) is 3.00. The molecule has 0 aliphatic heterocycles. The molecule has 0 bridgehead atoms. The van der Waals surface area contributed by atoms with Gasteiger partial charge in [0.05, 0.1) is 12.7 Å². The quantitative estimate of drug-likeness (QED) is 0.794. The van der Waals surface area contributed by atoms with E-state index in [2.05, 4.69) is 5.32 Å². The summed E-state index contributed by atoms with van der Waals surface area (Å²) in [5.74, 6) is 0.795. The van der Waals surface area contributed by atoms with E-state index in [0.717, 1.165) is 16.9 Å². The molecule has 1 aliphatic carbocycles. The summed E-state index contributed by atoms with van der Waals surface area (Å²) in [6.45, 7) is 5.21. The molecule has 0 radical (unpaired) electrons. The molecule has 3 heteroatoms. The van der Waals surface area contributed by atoms with E-state index in [-0.39, 0.29) is 0 Å². The van der Waals surface area contributed by atoms with Crippen molar-refractivity contribution in [1.29, 1.82) is 0 Å². The predicted molar refractivity (Wildman–Crippen MR) is 68.3 cm³/mol. The molecule has 1 aromatic rings. The van der Waals surface area contributed by atoms with Crippen molar-refractivity contribution in [1.82, 2.24) is 5.32 Å². The van der Waals surface area contributed by atoms with Crippen molar-refractivity contribution < 1.29 is 9.84 Å². The first-order valence-corrected chi connectivity index (χ1v) is 6.35. The minimum Gasteiger partial charge on any atom is -0.493 e. The standard InChI is InChI=1S/C14H21NO2/c1-3-17-14-7-4-10(2)8-12(14)13(16)9-15-11-5-6-11/h4,7-8,11,13,15-16H,3,5-6,9H2,1-2H3. The highest BCUT2D eigenvalue weighted by atomic mass is 16.5. The van der Waals surface area contributed by atoms with Gasteiger partial charge >= 0.3 is 0 Å². The number of ether oxygens (including phenoxy) is 1. The second-order valence-corrected chi connectivity index (χ2v) is 4.67. The van der Waals surface area contributed by atoms with Crippen LogP contribution in [0.1, 0.15) is 37.0 Å². The molecule has 3 nitrogen and oxygen atoms in total. The van der Waals surface area contributed by atoms with E-state index >= 15 is 0 Å². The van der Waals surface area contributed by atoms with E-state index in [4.69, 9.17) is 4.74 Å². The molecular formula is C14H21NO2. The third-order valence-electron chi connectivity index (χ3n) is 3.00. The maximum absolute atomic E-state index is 10.2. The van der Waals surface area contributed by atoms with Gasteiger partial charge in [-0.05, 0) is 38.8 Å². The first-order valence-electron chi connectivity index (χ1n) is 6.35. The Labute approximate surface area is 103 Å². The Morgan fingerprint density at radius 1 is 1.47 bits per heavy atom. The normalized spacial score (nSPS) is 16.9. The van der Waals surface area contributed by atoms with E-state index in [1.807, 2.05) is 32.0 Å². The Morgan fingerprint density at radius 2 is 2.24 bits per heavy atom. The van der Waals surface area contributed by atoms with Crippen LogP contribution in [0, 0.1) is 6.92 Å². The minimum absolute atomic E-state index is 0.489. The Morgan fingerprint density at radius 3 is 2.88 bits per heavy atom. The van der Waals surface area contributed by atoms with Crippen LogP contribution in [0.25, 0.3) is 0 Å². The zero-order valence-electron chi connectivity index (χ0n) is 10.6. The molecule has 2 N–H and O–H groups in total. The summed E-state index contributed by atoms with van der Waals surface area (Å²) in [7, 11) is 0. The predicted octanol–water partition coefficient (Wildman–Crippen LogP) is 2.18. The monoisotopic (exact) mass is 235 g/mol. The number of hydrogen-bond donors (Lipinski definition) is 2. The average molecular weight is 235 g/mol. The molecule has 0 saturated heterocycles. The summed E-state index contributed by atoms with van der Waals surface area (Å²) in [5, 5.41) is 13.5. The highest BCUT2D eigenvalue weighted by Crippen LogP contribution is 2.27. The van der Waals surface area contributed by atoms with Crippen molar-refractivity contribution in [2.45, 2.75) is 38.8 Å². The summed E-state index contributed by atoms with van der Waals surface area (Å²) in [4.78, 5) is 0. The van der Waals surface area contributed by atoms with Gasteiger partial charge in [0.1, 0.15) is 5.75 Å². The van der Waals surface area contributed by atoms with Crippen molar-refractivity contribution in [2.24, 2.45) is 0 Å². The molecule has 1 saturated carbocycles. The van der Waals surface area contributed by atoms with E-state index in [1.165, 1.54) is 12.8 Å². The number of aryl methyl sites for hydroxylation is 1. The number of hydrogen-bond acceptors (Lipinski definition) is 3. The van der Waals surface area contributed by atoms with Gasteiger partial charge in [0.2, 0.25) is 0 Å². The van der Waals surface area contributed by atoms with Gasteiger partial charge in [-0.2, -0.15) is 0 Å². The summed E-state index contributed by atoms with van der Waals surface area (Å²) >= 11 is 0. The minimum atomic E-state index is -0.489. The molecule has 1 fully saturated rings. The molecule has 1 unspecified atom stereocenters. The van der Waals surface area contributed by atoms with Crippen LogP contribution < -0.4 is 10.1 Å². The lowest BCUT2D eigenvalue weighted by Gasteiger charge is -2.17. The van der Waals surface area contributed by atoms with E-state index in [1.54, 1.807) is 0 Å². The van der Waals surface area contributed by atoms with Gasteiger partial charge in [0.25, 0.3) is 0 Å². The highest BCUT2D eigenvalue weighted by Gasteiger charge is 2.22. The fraction of sp³-hybridized carbons (Fsp3) is 0.571. The lowest BCUT2D eigenvalue weighted by molar-refractivity contribution is 0.168. The van der Waals surface area contributed by atoms with Crippen LogP contribution >= 0.6 is 0 Å². The van der Waals surface area contributed by atoms with E-state index in [9.17, 15) is 5.11 Å². The fourth-order valence-electron chi connectivity index (χ4n) is 1.89. The van der Waals surface area contributed by atoms with Crippen molar-refractivity contribution in [3.63, 3.8) is 0 Å². The number of rotatable bonds is 6. The van der Waals surface area contributed by atoms with Crippen molar-refractivity contribution in [2.75, 3.05) is 13.2 Å². The molecule has 0 spiro atoms. The summed E-state index contributed by atoms with van der Waals surface area (Å²) < 4.78 is 5.55. The molecule has 0 amide bonds. The van der Waals surface area contributed by atoms with E-state index < -0.39 is 6.10 Å². The second-order valence-electron chi connectivity index (χ2n) is 4.67. The average Bonchev–Trinajstić information content (AvgIpc) is 3.12. The number of aliphatic hydroxyl groups excluding tert-OH is 1. The van der Waals surface area contributed by atoms with Crippen LogP contribution in [-0.4, -0.2) is 24.3 Å². The zero-order valence-corrected chi connectivity index (χ0v) is 10.6. The van der Waals surface area contributed by atoms with Crippen LogP contribution in [0.4, 0.5) is 0 Å². The van der Waals surface area contributed by atoms with Gasteiger partial charge in [-0.25, -0.2) is 0 Å². The second kappa shape index (κ2) is 5.52. The van der Waals surface area contributed by atoms with Crippen molar-refractivity contribution in [3.8, 4) is 5.75 Å². The molecule has 0 heterocycles. The van der Waals surface area contributed by atoms with Gasteiger partial charge < -0.3 is 15.2 Å². The lowest BCUT2D eigenvalue weighted by Crippen LogP contribution is -2.23. The molecule has 0 aromatic heterocycles. The SMILES string of the molecule is CCOc1ccc(C)cc1C(O)CNC1CC1. The van der Waals surface area contributed by atoms with Gasteiger partial charge in [-0.15, -0.1) is 0 Å². The Hall–Kier alpha value is -1.06. The summed E-state index contributed by atoms with van der Waals surface area (Å²) in [6.07, 6.45) is 1.98. The maximum atomic E-state index is 10.2. The molecule has 1 atom stereocenters. The highest BCUT2D eigenvalue weighted by molar-refractivity contribution is 5.38. The number of nitrogens with one attached hydrogen (secondary N) is 1. The Bertz CT molecular complexity index is 374. The van der Waals surface area contributed by atoms with Crippen LogP contribution in [0.15, 0.2) is 18.2 Å².